The number of benzene rings is 1. The predicted molar refractivity (Wildman–Crippen MR) is 132 cm³/mol. The van der Waals surface area contributed by atoms with Crippen LogP contribution in [0.15, 0.2) is 24.5 Å². The van der Waals surface area contributed by atoms with E-state index in [0.717, 1.165) is 51.6 Å². The quantitative estimate of drug-likeness (QED) is 0.403. The maximum absolute atomic E-state index is 12.5. The Hall–Kier alpha value is -2.77. The highest BCUT2D eigenvalue weighted by molar-refractivity contribution is 7.19. The van der Waals surface area contributed by atoms with E-state index in [2.05, 4.69) is 17.1 Å². The van der Waals surface area contributed by atoms with Crippen molar-refractivity contribution < 1.29 is 14.6 Å². The van der Waals surface area contributed by atoms with E-state index in [0.29, 0.717) is 11.3 Å². The summed E-state index contributed by atoms with van der Waals surface area (Å²) in [5.74, 6) is -0.999. The van der Waals surface area contributed by atoms with E-state index in [4.69, 9.17) is 9.72 Å². The van der Waals surface area contributed by atoms with Gasteiger partial charge in [-0.05, 0) is 76.6 Å². The van der Waals surface area contributed by atoms with E-state index in [-0.39, 0.29) is 0 Å². The van der Waals surface area contributed by atoms with Crippen molar-refractivity contribution in [2.75, 3.05) is 0 Å². The minimum absolute atomic E-state index is 0.623. The lowest BCUT2D eigenvalue weighted by atomic mass is 9.88. The van der Waals surface area contributed by atoms with Crippen LogP contribution >= 0.6 is 11.3 Å². The highest BCUT2D eigenvalue weighted by Crippen LogP contribution is 2.46. The van der Waals surface area contributed by atoms with Crippen LogP contribution in [0.25, 0.3) is 32.4 Å². The molecule has 0 radical (unpaired) electrons. The first kappa shape index (κ1) is 22.0. The third-order valence-electron chi connectivity index (χ3n) is 6.30. The van der Waals surface area contributed by atoms with Crippen molar-refractivity contribution in [1.29, 1.82) is 0 Å². The second kappa shape index (κ2) is 7.92. The van der Waals surface area contributed by atoms with Gasteiger partial charge >= 0.3 is 5.97 Å². The molecule has 0 bridgehead atoms. The zero-order chi connectivity index (χ0) is 23.5. The third kappa shape index (κ3) is 3.83. The molecule has 1 unspecified atom stereocenters. The van der Waals surface area contributed by atoms with Gasteiger partial charge in [-0.1, -0.05) is 6.07 Å². The number of hydrogen-bond acceptors (Lipinski definition) is 5. The summed E-state index contributed by atoms with van der Waals surface area (Å²) < 4.78 is 8.13. The predicted octanol–water partition coefficient (Wildman–Crippen LogP) is 5.98. The molecule has 7 heteroatoms. The van der Waals surface area contributed by atoms with E-state index in [1.165, 1.54) is 16.9 Å². The fourth-order valence-electron chi connectivity index (χ4n) is 4.90. The van der Waals surface area contributed by atoms with Crippen LogP contribution in [0, 0.1) is 6.92 Å². The average Bonchev–Trinajstić information content (AvgIpc) is 3.30. The van der Waals surface area contributed by atoms with Gasteiger partial charge in [-0.3, -0.25) is 0 Å². The first-order valence-corrected chi connectivity index (χ1v) is 12.2. The summed E-state index contributed by atoms with van der Waals surface area (Å²) in [5, 5.41) is 11.4. The van der Waals surface area contributed by atoms with Gasteiger partial charge in [-0.15, -0.1) is 11.3 Å². The van der Waals surface area contributed by atoms with Gasteiger partial charge < -0.3 is 14.4 Å². The molecule has 4 aromatic rings. The third-order valence-corrected chi connectivity index (χ3v) is 7.49. The minimum atomic E-state index is -1.11. The summed E-state index contributed by atoms with van der Waals surface area (Å²) >= 11 is 1.76. The van der Waals surface area contributed by atoms with Crippen molar-refractivity contribution in [2.45, 2.75) is 65.1 Å². The molecule has 5 rings (SSSR count). The van der Waals surface area contributed by atoms with Crippen LogP contribution in [0.3, 0.4) is 0 Å². The molecule has 1 aromatic carbocycles. The first-order valence-electron chi connectivity index (χ1n) is 11.4. The van der Waals surface area contributed by atoms with Gasteiger partial charge in [0.25, 0.3) is 0 Å². The van der Waals surface area contributed by atoms with Crippen LogP contribution in [0.4, 0.5) is 0 Å². The van der Waals surface area contributed by atoms with Gasteiger partial charge in [0.05, 0.1) is 23.0 Å². The van der Waals surface area contributed by atoms with Gasteiger partial charge in [-0.25, -0.2) is 14.8 Å². The number of hydrogen-bond donors (Lipinski definition) is 1. The summed E-state index contributed by atoms with van der Waals surface area (Å²) in [4.78, 5) is 24.3. The fraction of sp³-hybridized carbons (Fsp3) is 0.423. The van der Waals surface area contributed by atoms with E-state index in [1.807, 2.05) is 45.4 Å². The molecule has 3 heterocycles. The number of carboxylic acids is 1. The van der Waals surface area contributed by atoms with Crippen LogP contribution in [0.5, 0.6) is 0 Å². The van der Waals surface area contributed by atoms with Crippen molar-refractivity contribution in [3.05, 3.63) is 46.2 Å². The lowest BCUT2D eigenvalue weighted by Crippen LogP contribution is -2.28. The Bertz CT molecular complexity index is 1390. The summed E-state index contributed by atoms with van der Waals surface area (Å²) in [6.07, 6.45) is 5.08. The van der Waals surface area contributed by atoms with Gasteiger partial charge in [0.1, 0.15) is 4.83 Å². The molecule has 0 aliphatic heterocycles. The summed E-state index contributed by atoms with van der Waals surface area (Å²) in [5.41, 5.74) is 5.90. The zero-order valence-electron chi connectivity index (χ0n) is 19.7. The summed E-state index contributed by atoms with van der Waals surface area (Å²) in [7, 11) is 1.97. The molecule has 172 valence electrons. The topological polar surface area (TPSA) is 77.2 Å². The average molecular weight is 464 g/mol. The molecule has 1 N–H and O–H groups in total. The number of aryl methyl sites for hydroxylation is 4. The van der Waals surface area contributed by atoms with Crippen LogP contribution < -0.4 is 0 Å². The molecule has 33 heavy (non-hydrogen) atoms. The van der Waals surface area contributed by atoms with Gasteiger partial charge in [0.15, 0.2) is 6.10 Å². The van der Waals surface area contributed by atoms with Crippen molar-refractivity contribution >= 4 is 38.6 Å². The zero-order valence-corrected chi connectivity index (χ0v) is 20.5. The molecule has 0 fully saturated rings. The number of carboxylic acid groups (broad SMARTS) is 1. The Morgan fingerprint density at radius 3 is 2.73 bits per heavy atom. The molecule has 0 saturated heterocycles. The number of fused-ring (bicyclic) bond motifs is 4. The van der Waals surface area contributed by atoms with Crippen molar-refractivity contribution in [1.82, 2.24) is 14.5 Å². The van der Waals surface area contributed by atoms with Crippen LogP contribution in [-0.2, 0) is 29.4 Å². The highest BCUT2D eigenvalue weighted by atomic mass is 32.1. The molecule has 6 nitrogen and oxygen atoms in total. The van der Waals surface area contributed by atoms with E-state index in [1.54, 1.807) is 17.7 Å². The maximum atomic E-state index is 12.5. The molecular weight excluding hydrogens is 434 g/mol. The SMILES string of the molecule is Cc1nc2sc3c(c2c(-c2ccc4ncn(C)c4c2)c1C(OC(C)(C)C)C(=O)O)CCCC3. The molecular formula is C26H29N3O3S. The standard InChI is InChI=1S/C26H29N3O3S/c1-14-20(23(25(30)31)32-26(2,3)4)21(15-10-11-17-18(12-15)29(5)13-27-17)22-16-8-6-7-9-19(16)33-24(22)28-14/h10-13,23H,6-9H2,1-5H3,(H,30,31). The number of ether oxygens (including phenoxy) is 1. The number of pyridine rings is 1. The number of rotatable bonds is 4. The fourth-order valence-corrected chi connectivity index (χ4v) is 6.22. The van der Waals surface area contributed by atoms with Gasteiger partial charge in [0, 0.05) is 34.1 Å². The Morgan fingerprint density at radius 2 is 2.00 bits per heavy atom. The largest absolute Gasteiger partial charge is 0.479 e. The van der Waals surface area contributed by atoms with E-state index >= 15 is 0 Å². The number of nitrogens with zero attached hydrogens (tertiary/aromatic N) is 3. The van der Waals surface area contributed by atoms with Crippen LogP contribution in [0.2, 0.25) is 0 Å². The molecule has 0 saturated carbocycles. The van der Waals surface area contributed by atoms with Crippen molar-refractivity contribution in [3.63, 3.8) is 0 Å². The highest BCUT2D eigenvalue weighted by Gasteiger charge is 2.34. The van der Waals surface area contributed by atoms with Crippen LogP contribution in [-0.4, -0.2) is 31.2 Å². The molecule has 1 aliphatic carbocycles. The van der Waals surface area contributed by atoms with Crippen molar-refractivity contribution in [2.24, 2.45) is 7.05 Å². The molecule has 1 atom stereocenters. The smallest absolute Gasteiger partial charge is 0.337 e. The molecule has 0 amide bonds. The van der Waals surface area contributed by atoms with Gasteiger partial charge in [0.2, 0.25) is 0 Å². The monoisotopic (exact) mass is 463 g/mol. The number of carbonyl (C=O) groups is 1. The van der Waals surface area contributed by atoms with Crippen molar-refractivity contribution in [3.8, 4) is 11.1 Å². The summed E-state index contributed by atoms with van der Waals surface area (Å²) in [6.45, 7) is 7.57. The second-order valence-corrected chi connectivity index (χ2v) is 11.0. The van der Waals surface area contributed by atoms with E-state index in [9.17, 15) is 9.90 Å². The van der Waals surface area contributed by atoms with Gasteiger partial charge in [-0.2, -0.15) is 0 Å². The number of aromatic nitrogens is 3. The molecule has 3 aromatic heterocycles. The lowest BCUT2D eigenvalue weighted by molar-refractivity contribution is -0.160. The Morgan fingerprint density at radius 1 is 1.24 bits per heavy atom. The molecule has 1 aliphatic rings. The number of thiophene rings is 1. The summed E-state index contributed by atoms with van der Waals surface area (Å²) in [6, 6.07) is 6.17. The van der Waals surface area contributed by atoms with E-state index < -0.39 is 17.7 Å². The first-order chi connectivity index (χ1) is 15.6. The molecule has 0 spiro atoms. The van der Waals surface area contributed by atoms with Crippen LogP contribution in [0.1, 0.15) is 61.4 Å². The number of aliphatic carboxylic acids is 1. The Balaban J connectivity index is 1.88. The Kier molecular flexibility index (Phi) is 5.29. The second-order valence-electron chi connectivity index (χ2n) is 9.88. The maximum Gasteiger partial charge on any atom is 0.337 e. The minimum Gasteiger partial charge on any atom is -0.479 e. The lowest BCUT2D eigenvalue weighted by Gasteiger charge is -2.28. The number of imidazole rings is 1. The Labute approximate surface area is 197 Å². The normalized spacial score (nSPS) is 15.2.